The van der Waals surface area contributed by atoms with Gasteiger partial charge in [0.05, 0.1) is 17.4 Å². The van der Waals surface area contributed by atoms with E-state index in [4.69, 9.17) is 9.97 Å². The predicted octanol–water partition coefficient (Wildman–Crippen LogP) is 4.83. The predicted molar refractivity (Wildman–Crippen MR) is 225 cm³/mol. The molecule has 0 bridgehead atoms. The second kappa shape index (κ2) is 15.7. The number of piperidine rings is 2. The van der Waals surface area contributed by atoms with Gasteiger partial charge in [0.15, 0.2) is 5.78 Å². The van der Waals surface area contributed by atoms with Crippen LogP contribution in [-0.2, 0) is 9.59 Å². The van der Waals surface area contributed by atoms with E-state index in [0.29, 0.717) is 52.0 Å². The summed E-state index contributed by atoms with van der Waals surface area (Å²) in [5.74, 6) is 0.214. The molecule has 5 aliphatic rings. The maximum Gasteiger partial charge on any atom is 0.263 e. The molecule has 2 unspecified atom stereocenters. The highest BCUT2D eigenvalue weighted by Gasteiger charge is 2.42. The fraction of sp³-hybridized carbons (Fsp3) is 0.455. The largest absolute Gasteiger partial charge is 0.371 e. The highest BCUT2D eigenvalue weighted by molar-refractivity contribution is 6.13. The van der Waals surface area contributed by atoms with Gasteiger partial charge in [-0.3, -0.25) is 43.7 Å². The molecule has 306 valence electrons. The number of hydrogen-bond donors (Lipinski definition) is 2. The summed E-state index contributed by atoms with van der Waals surface area (Å²) in [6, 6.07) is 9.16. The maximum atomic E-state index is 13.6. The number of hydrogen-bond acceptors (Lipinski definition) is 12. The Morgan fingerprint density at radius 3 is 2.39 bits per heavy atom. The quantitative estimate of drug-likeness (QED) is 0.175. The second-order valence-electron chi connectivity index (χ2n) is 16.7. The van der Waals surface area contributed by atoms with E-state index in [1.165, 1.54) is 11.8 Å². The highest BCUT2D eigenvalue weighted by atomic mass is 16.2. The smallest absolute Gasteiger partial charge is 0.263 e. The van der Waals surface area contributed by atoms with Crippen molar-refractivity contribution in [2.75, 3.05) is 60.9 Å². The van der Waals surface area contributed by atoms with E-state index in [0.717, 1.165) is 101 Å². The molecule has 4 aromatic rings. The lowest BCUT2D eigenvalue weighted by molar-refractivity contribution is -0.136. The number of pyridine rings is 2. The number of anilines is 4. The standard InChI is InChI=1S/C44H50N10O5/c1-26-35-23-46-44(49-40(35)54(30-8-4-5-9-30)43(59)39(26)28(3)55)47-37-14-11-32(22-45-37)51-19-17-50(18-20-51)24-29-7-6-16-52(25-29)31-10-12-33-34(21-31)27(2)53(42(33)58)36-13-15-38(56)48-41(36)57/h10-12,14,21-23,29-30,36H,2,4-9,13,15-20,24-25H2,1,3H3,(H,48,56,57)(H,45,46,47,49). The zero-order valence-corrected chi connectivity index (χ0v) is 33.7. The Morgan fingerprint density at radius 2 is 1.66 bits per heavy atom. The van der Waals surface area contributed by atoms with Crippen LogP contribution in [0.2, 0.25) is 0 Å². The molecule has 1 aliphatic carbocycles. The summed E-state index contributed by atoms with van der Waals surface area (Å²) in [5, 5.41) is 6.30. The maximum absolute atomic E-state index is 13.6. The van der Waals surface area contributed by atoms with E-state index >= 15 is 0 Å². The van der Waals surface area contributed by atoms with Gasteiger partial charge in [0, 0.05) is 92.4 Å². The number of rotatable bonds is 9. The van der Waals surface area contributed by atoms with Crippen LogP contribution in [-0.4, -0.2) is 105 Å². The van der Waals surface area contributed by atoms with Crippen LogP contribution in [0.15, 0.2) is 54.1 Å². The van der Waals surface area contributed by atoms with E-state index in [1.54, 1.807) is 17.7 Å². The Labute approximate surface area is 342 Å². The van der Waals surface area contributed by atoms with E-state index in [1.807, 2.05) is 30.5 Å². The van der Waals surface area contributed by atoms with Crippen molar-refractivity contribution in [3.8, 4) is 0 Å². The molecule has 4 fully saturated rings. The fourth-order valence-corrected chi connectivity index (χ4v) is 9.87. The summed E-state index contributed by atoms with van der Waals surface area (Å²) in [7, 11) is 0. The zero-order valence-electron chi connectivity index (χ0n) is 33.7. The number of carbonyl (C=O) groups excluding carboxylic acids is 4. The molecule has 4 aliphatic heterocycles. The van der Waals surface area contributed by atoms with E-state index in [-0.39, 0.29) is 41.2 Å². The first kappa shape index (κ1) is 38.6. The normalized spacial score (nSPS) is 21.7. The topological polar surface area (TPSA) is 166 Å². The second-order valence-corrected chi connectivity index (χ2v) is 16.7. The van der Waals surface area contributed by atoms with Crippen molar-refractivity contribution >= 4 is 63.4 Å². The molecule has 3 aromatic heterocycles. The number of nitrogens with one attached hydrogen (secondary N) is 2. The number of aryl methyl sites for hydroxylation is 1. The van der Waals surface area contributed by atoms with Gasteiger partial charge in [-0.15, -0.1) is 0 Å². The molecule has 0 radical (unpaired) electrons. The molecule has 3 amide bonds. The summed E-state index contributed by atoms with van der Waals surface area (Å²) in [6.07, 6.45) is 10.2. The Hall–Kier alpha value is -5.96. The van der Waals surface area contributed by atoms with Gasteiger partial charge in [-0.25, -0.2) is 9.97 Å². The average Bonchev–Trinajstić information content (AvgIpc) is 3.84. The number of fused-ring (bicyclic) bond motifs is 2. The number of amides is 3. The van der Waals surface area contributed by atoms with Gasteiger partial charge in [0.1, 0.15) is 17.5 Å². The Kier molecular flexibility index (Phi) is 10.2. The van der Waals surface area contributed by atoms with Gasteiger partial charge in [-0.2, -0.15) is 4.98 Å². The number of piperazine rings is 1. The summed E-state index contributed by atoms with van der Waals surface area (Å²) in [6.45, 7) is 14.0. The summed E-state index contributed by atoms with van der Waals surface area (Å²) in [5.41, 5.74) is 5.02. The molecular formula is C44H50N10O5. The van der Waals surface area contributed by atoms with Crippen molar-refractivity contribution in [2.45, 2.75) is 77.3 Å². The number of imide groups is 1. The molecule has 1 saturated carbocycles. The third-order valence-corrected chi connectivity index (χ3v) is 13.0. The number of carbonyl (C=O) groups is 4. The van der Waals surface area contributed by atoms with Crippen LogP contribution in [0.25, 0.3) is 16.7 Å². The summed E-state index contributed by atoms with van der Waals surface area (Å²) >= 11 is 0. The molecule has 9 rings (SSSR count). The van der Waals surface area contributed by atoms with Crippen molar-refractivity contribution < 1.29 is 19.2 Å². The van der Waals surface area contributed by atoms with Crippen molar-refractivity contribution in [3.05, 3.63) is 81.9 Å². The Bertz CT molecular complexity index is 2430. The van der Waals surface area contributed by atoms with Crippen LogP contribution < -0.4 is 26.0 Å². The molecule has 7 heterocycles. The van der Waals surface area contributed by atoms with E-state index < -0.39 is 11.9 Å². The Morgan fingerprint density at radius 1 is 0.881 bits per heavy atom. The van der Waals surface area contributed by atoms with Crippen molar-refractivity contribution in [1.29, 1.82) is 0 Å². The van der Waals surface area contributed by atoms with Gasteiger partial charge in [-0.05, 0) is 87.8 Å². The lowest BCUT2D eigenvalue weighted by Gasteiger charge is -2.40. The molecular weight excluding hydrogens is 749 g/mol. The Balaban J connectivity index is 0.804. The van der Waals surface area contributed by atoms with Crippen LogP contribution in [0.4, 0.5) is 23.1 Å². The van der Waals surface area contributed by atoms with Gasteiger partial charge in [-0.1, -0.05) is 19.4 Å². The first-order chi connectivity index (χ1) is 28.5. The van der Waals surface area contributed by atoms with Gasteiger partial charge in [0.25, 0.3) is 11.5 Å². The van der Waals surface area contributed by atoms with Crippen LogP contribution in [0.3, 0.4) is 0 Å². The fourth-order valence-electron chi connectivity index (χ4n) is 9.87. The van der Waals surface area contributed by atoms with Crippen LogP contribution in [0, 0.1) is 12.8 Å². The highest BCUT2D eigenvalue weighted by Crippen LogP contribution is 2.38. The van der Waals surface area contributed by atoms with Gasteiger partial charge >= 0.3 is 0 Å². The molecule has 2 N–H and O–H groups in total. The first-order valence-corrected chi connectivity index (χ1v) is 20.9. The van der Waals surface area contributed by atoms with Crippen LogP contribution >= 0.6 is 0 Å². The minimum Gasteiger partial charge on any atom is -0.371 e. The van der Waals surface area contributed by atoms with Crippen molar-refractivity contribution in [3.63, 3.8) is 0 Å². The minimum atomic E-state index is -0.730. The third-order valence-electron chi connectivity index (χ3n) is 13.0. The molecule has 15 nitrogen and oxygen atoms in total. The van der Waals surface area contributed by atoms with Gasteiger partial charge < -0.3 is 15.1 Å². The van der Waals surface area contributed by atoms with Gasteiger partial charge in [0.2, 0.25) is 17.8 Å². The molecule has 2 atom stereocenters. The average molecular weight is 799 g/mol. The lowest BCUT2D eigenvalue weighted by atomic mass is 9.96. The monoisotopic (exact) mass is 798 g/mol. The summed E-state index contributed by atoms with van der Waals surface area (Å²) in [4.78, 5) is 86.6. The third kappa shape index (κ3) is 7.25. The summed E-state index contributed by atoms with van der Waals surface area (Å²) < 4.78 is 1.72. The van der Waals surface area contributed by atoms with E-state index in [2.05, 4.69) is 43.0 Å². The molecule has 3 saturated heterocycles. The number of Topliss-reactive ketones (excluding diaryl/α,β-unsaturated/α-hetero) is 1. The van der Waals surface area contributed by atoms with E-state index in [9.17, 15) is 24.0 Å². The number of ketones is 1. The van der Waals surface area contributed by atoms with Crippen molar-refractivity contribution in [2.24, 2.45) is 5.92 Å². The molecule has 59 heavy (non-hydrogen) atoms. The molecule has 0 spiro atoms. The zero-order chi connectivity index (χ0) is 40.9. The molecule has 1 aromatic carbocycles. The first-order valence-electron chi connectivity index (χ1n) is 20.9. The minimum absolute atomic E-state index is 0.00961. The lowest BCUT2D eigenvalue weighted by Crippen LogP contribution is -2.52. The number of benzene rings is 1. The van der Waals surface area contributed by atoms with Crippen LogP contribution in [0.1, 0.15) is 96.2 Å². The van der Waals surface area contributed by atoms with Crippen LogP contribution in [0.5, 0.6) is 0 Å². The molecule has 15 heteroatoms. The number of nitrogens with zero attached hydrogens (tertiary/aromatic N) is 8. The van der Waals surface area contributed by atoms with Crippen molar-refractivity contribution in [1.82, 2.24) is 34.6 Å². The SMILES string of the molecule is C=C1c2cc(N3CCCC(CN4CCN(c5ccc(Nc6ncc7c(C)c(C(C)=O)c(=O)n(C8CCCC8)c7n6)nc5)CC4)C3)ccc2C(=O)N1C1CCC(=O)NC1=O. The number of aromatic nitrogens is 4.